The van der Waals surface area contributed by atoms with Crippen molar-refractivity contribution in [3.63, 3.8) is 0 Å². The van der Waals surface area contributed by atoms with Gasteiger partial charge in [-0.3, -0.25) is 14.4 Å². The molecule has 0 radical (unpaired) electrons. The fraction of sp³-hybridized carbons (Fsp3) is 0.364. The Labute approximate surface area is 180 Å². The van der Waals surface area contributed by atoms with Gasteiger partial charge in [0.15, 0.2) is 0 Å². The number of rotatable bonds is 8. The van der Waals surface area contributed by atoms with Gasteiger partial charge < -0.3 is 25.3 Å². The molecule has 1 aromatic heterocycles. The van der Waals surface area contributed by atoms with E-state index in [9.17, 15) is 19.2 Å². The summed E-state index contributed by atoms with van der Waals surface area (Å²) in [6.45, 7) is 3.39. The molecule has 2 aromatic rings. The number of nitrogens with two attached hydrogens (primary N) is 1. The summed E-state index contributed by atoms with van der Waals surface area (Å²) in [6.07, 6.45) is 1.48. The molecule has 0 bridgehead atoms. The highest BCUT2D eigenvalue weighted by Gasteiger charge is 2.19. The van der Waals surface area contributed by atoms with Crippen molar-refractivity contribution in [3.05, 3.63) is 52.0 Å². The summed E-state index contributed by atoms with van der Waals surface area (Å²) < 4.78 is 5.26. The zero-order valence-corrected chi connectivity index (χ0v) is 18.4. The number of primary amides is 1. The van der Waals surface area contributed by atoms with Gasteiger partial charge in [-0.1, -0.05) is 19.9 Å². The monoisotopic (exact) mass is 428 g/mol. The maximum atomic E-state index is 12.4. The van der Waals surface area contributed by atoms with Gasteiger partial charge in [-0.2, -0.15) is 0 Å². The second kappa shape index (κ2) is 9.92. The predicted molar refractivity (Wildman–Crippen MR) is 118 cm³/mol. The van der Waals surface area contributed by atoms with E-state index in [0.29, 0.717) is 16.5 Å². The van der Waals surface area contributed by atoms with Crippen LogP contribution in [0.1, 0.15) is 19.4 Å². The lowest BCUT2D eigenvalue weighted by molar-refractivity contribution is -0.132. The van der Waals surface area contributed by atoms with E-state index in [1.165, 1.54) is 13.1 Å². The van der Waals surface area contributed by atoms with Gasteiger partial charge in [0.25, 0.3) is 5.91 Å². The molecule has 0 aliphatic rings. The summed E-state index contributed by atoms with van der Waals surface area (Å²) in [5.74, 6) is -1.65. The van der Waals surface area contributed by atoms with Crippen LogP contribution in [0.15, 0.2) is 45.3 Å². The first-order chi connectivity index (χ1) is 14.5. The van der Waals surface area contributed by atoms with Crippen LogP contribution in [-0.2, 0) is 20.8 Å². The van der Waals surface area contributed by atoms with Gasteiger partial charge in [0.05, 0.1) is 13.0 Å². The SMILES string of the molecule is CC(C)/C=C(/C(N)=O)N(C)C(=O)CNC(=O)Cc1cc(=O)oc2cc(N(C)C)ccc12. The molecule has 0 saturated heterocycles. The first-order valence-corrected chi connectivity index (χ1v) is 9.78. The average molecular weight is 428 g/mol. The van der Waals surface area contributed by atoms with Crippen LogP contribution in [-0.4, -0.2) is 50.3 Å². The van der Waals surface area contributed by atoms with E-state index in [4.69, 9.17) is 10.2 Å². The summed E-state index contributed by atoms with van der Waals surface area (Å²) in [5.41, 5.74) is 6.57. The van der Waals surface area contributed by atoms with Crippen LogP contribution < -0.4 is 21.6 Å². The maximum absolute atomic E-state index is 12.4. The number of anilines is 1. The van der Waals surface area contributed by atoms with Gasteiger partial charge in [-0.25, -0.2) is 4.79 Å². The van der Waals surface area contributed by atoms with Crippen LogP contribution in [0.3, 0.4) is 0 Å². The van der Waals surface area contributed by atoms with E-state index >= 15 is 0 Å². The Hall–Kier alpha value is -3.62. The first-order valence-electron chi connectivity index (χ1n) is 9.78. The summed E-state index contributed by atoms with van der Waals surface area (Å²) in [5, 5.41) is 3.16. The number of nitrogens with zero attached hydrogens (tertiary/aromatic N) is 2. The van der Waals surface area contributed by atoms with E-state index in [0.717, 1.165) is 10.6 Å². The van der Waals surface area contributed by atoms with Crippen molar-refractivity contribution in [1.82, 2.24) is 10.2 Å². The third kappa shape index (κ3) is 6.18. The van der Waals surface area contributed by atoms with Gasteiger partial charge in [0.1, 0.15) is 11.3 Å². The number of carbonyl (C=O) groups excluding carboxylic acids is 3. The molecule has 1 aromatic carbocycles. The van der Waals surface area contributed by atoms with Crippen LogP contribution in [0.4, 0.5) is 5.69 Å². The number of hydrogen-bond acceptors (Lipinski definition) is 6. The molecule has 0 spiro atoms. The van der Waals surface area contributed by atoms with Crippen molar-refractivity contribution in [1.29, 1.82) is 0 Å². The molecule has 0 aliphatic heterocycles. The second-order valence-corrected chi connectivity index (χ2v) is 7.73. The summed E-state index contributed by atoms with van der Waals surface area (Å²) >= 11 is 0. The Balaban J connectivity index is 2.12. The number of likely N-dealkylation sites (N-methyl/N-ethyl adjacent to an activating group) is 1. The van der Waals surface area contributed by atoms with Gasteiger partial charge in [0.2, 0.25) is 11.8 Å². The van der Waals surface area contributed by atoms with Crippen LogP contribution >= 0.6 is 0 Å². The number of hydrogen-bond donors (Lipinski definition) is 2. The highest BCUT2D eigenvalue weighted by atomic mass is 16.4. The largest absolute Gasteiger partial charge is 0.423 e. The Kier molecular flexibility index (Phi) is 7.57. The predicted octanol–water partition coefficient (Wildman–Crippen LogP) is 1.00. The molecule has 1 heterocycles. The minimum atomic E-state index is -0.726. The van der Waals surface area contributed by atoms with Crippen molar-refractivity contribution >= 4 is 34.4 Å². The molecule has 0 aliphatic carbocycles. The number of fused-ring (bicyclic) bond motifs is 1. The summed E-state index contributed by atoms with van der Waals surface area (Å²) in [4.78, 5) is 51.3. The summed E-state index contributed by atoms with van der Waals surface area (Å²) in [6, 6.07) is 6.63. The number of nitrogens with one attached hydrogen (secondary N) is 1. The van der Waals surface area contributed by atoms with Crippen LogP contribution in [0.25, 0.3) is 11.0 Å². The van der Waals surface area contributed by atoms with Crippen molar-refractivity contribution in [2.24, 2.45) is 11.7 Å². The highest BCUT2D eigenvalue weighted by molar-refractivity contribution is 5.97. The standard InChI is InChI=1S/C22H28N4O5/c1-13(2)8-17(22(23)30)26(5)20(28)12-24-19(27)9-14-10-21(29)31-18-11-15(25(3)4)6-7-16(14)18/h6-8,10-11,13H,9,12H2,1-5H3,(H2,23,30)(H,24,27)/b17-8-. The zero-order valence-electron chi connectivity index (χ0n) is 18.4. The van der Waals surface area contributed by atoms with E-state index in [1.807, 2.05) is 38.9 Å². The van der Waals surface area contributed by atoms with Gasteiger partial charge in [0, 0.05) is 44.3 Å². The number of allylic oxidation sites excluding steroid dienone is 1. The fourth-order valence-electron chi connectivity index (χ4n) is 2.98. The van der Waals surface area contributed by atoms with E-state index in [-0.39, 0.29) is 24.6 Å². The van der Waals surface area contributed by atoms with Gasteiger partial charge in [-0.05, 0) is 23.6 Å². The Morgan fingerprint density at radius 2 is 1.84 bits per heavy atom. The average Bonchev–Trinajstić information content (AvgIpc) is 2.68. The van der Waals surface area contributed by atoms with Crippen LogP contribution in [0.2, 0.25) is 0 Å². The molecule has 0 saturated carbocycles. The fourth-order valence-corrected chi connectivity index (χ4v) is 2.98. The number of benzene rings is 1. The Bertz CT molecular complexity index is 1080. The van der Waals surface area contributed by atoms with Crippen molar-refractivity contribution in [2.45, 2.75) is 20.3 Å². The Morgan fingerprint density at radius 1 is 1.16 bits per heavy atom. The quantitative estimate of drug-likeness (QED) is 0.477. The van der Waals surface area contributed by atoms with Crippen molar-refractivity contribution in [2.75, 3.05) is 32.6 Å². The molecular formula is C22H28N4O5. The maximum Gasteiger partial charge on any atom is 0.336 e. The van der Waals surface area contributed by atoms with E-state index in [1.54, 1.807) is 18.2 Å². The lowest BCUT2D eigenvalue weighted by Gasteiger charge is -2.19. The number of amides is 3. The minimum Gasteiger partial charge on any atom is -0.423 e. The molecule has 3 N–H and O–H groups in total. The van der Waals surface area contributed by atoms with Crippen LogP contribution in [0, 0.1) is 5.92 Å². The number of carbonyl (C=O) groups is 3. The van der Waals surface area contributed by atoms with Crippen LogP contribution in [0.5, 0.6) is 0 Å². The third-order valence-corrected chi connectivity index (χ3v) is 4.60. The highest BCUT2D eigenvalue weighted by Crippen LogP contribution is 2.23. The lowest BCUT2D eigenvalue weighted by Crippen LogP contribution is -2.41. The molecule has 9 heteroatoms. The Morgan fingerprint density at radius 3 is 2.42 bits per heavy atom. The normalized spacial score (nSPS) is 11.5. The van der Waals surface area contributed by atoms with E-state index < -0.39 is 23.3 Å². The minimum absolute atomic E-state index is 0.0124. The zero-order chi connectivity index (χ0) is 23.3. The third-order valence-electron chi connectivity index (χ3n) is 4.60. The van der Waals surface area contributed by atoms with Gasteiger partial charge >= 0.3 is 5.63 Å². The van der Waals surface area contributed by atoms with Gasteiger partial charge in [-0.15, -0.1) is 0 Å². The second-order valence-electron chi connectivity index (χ2n) is 7.73. The molecule has 2 rings (SSSR count). The molecule has 166 valence electrons. The molecule has 31 heavy (non-hydrogen) atoms. The van der Waals surface area contributed by atoms with E-state index in [2.05, 4.69) is 5.32 Å². The molecule has 3 amide bonds. The van der Waals surface area contributed by atoms with Crippen molar-refractivity contribution in [3.8, 4) is 0 Å². The smallest absolute Gasteiger partial charge is 0.336 e. The topological polar surface area (TPSA) is 126 Å². The van der Waals surface area contributed by atoms with Crippen molar-refractivity contribution < 1.29 is 18.8 Å². The first kappa shape index (κ1) is 23.7. The molecule has 0 atom stereocenters. The molecule has 0 unspecified atom stereocenters. The molecular weight excluding hydrogens is 400 g/mol. The summed E-state index contributed by atoms with van der Waals surface area (Å²) in [7, 11) is 5.15. The molecule has 9 nitrogen and oxygen atoms in total. The molecule has 0 fully saturated rings. The lowest BCUT2D eigenvalue weighted by atomic mass is 10.1.